The van der Waals surface area contributed by atoms with Crippen LogP contribution < -0.4 is 25.3 Å². The van der Waals surface area contributed by atoms with E-state index in [1.807, 2.05) is 11.3 Å². The number of benzene rings is 8. The molecule has 0 spiro atoms. The Morgan fingerprint density at radius 3 is 1.68 bits per heavy atom. The summed E-state index contributed by atoms with van der Waals surface area (Å²) >= 11 is 1.96. The molecule has 0 amide bonds. The Bertz CT molecular complexity index is 3920. The van der Waals surface area contributed by atoms with Gasteiger partial charge in [0.25, 0.3) is 6.71 Å². The Hall–Kier alpha value is -6.82. The number of fused-ring (bicyclic) bond motifs is 13. The molecular weight excluding hydrogens is 916 g/mol. The minimum atomic E-state index is -0.342. The molecule has 10 aromatic rings. The molecule has 1 aliphatic carbocycles. The van der Waals surface area contributed by atoms with Crippen LogP contribution in [-0.4, -0.2) is 11.3 Å². The molecule has 0 N–H and O–H groups in total. The summed E-state index contributed by atoms with van der Waals surface area (Å²) in [5, 5.41) is 3.88. The van der Waals surface area contributed by atoms with Crippen molar-refractivity contribution in [3.8, 4) is 39.4 Å². The average molecular weight is 983 g/mol. The first-order chi connectivity index (χ1) is 35.0. The number of anilines is 3. The van der Waals surface area contributed by atoms with Gasteiger partial charge in [0.2, 0.25) is 0 Å². The monoisotopic (exact) mass is 983 g/mol. The van der Waals surface area contributed by atoms with Crippen LogP contribution in [0.25, 0.3) is 59.8 Å². The molecule has 0 radical (unpaired) electrons. The van der Waals surface area contributed by atoms with Gasteiger partial charge in [-0.3, -0.25) is 0 Å². The van der Waals surface area contributed by atoms with Crippen molar-refractivity contribution in [2.75, 3.05) is 4.90 Å². The topological polar surface area (TPSA) is 17.4 Å². The van der Waals surface area contributed by atoms with Crippen LogP contribution in [0.2, 0.25) is 0 Å². The Kier molecular flexibility index (Phi) is 9.91. The van der Waals surface area contributed by atoms with Gasteiger partial charge >= 0.3 is 0 Å². The maximum atomic E-state index is 7.80. The molecule has 0 saturated carbocycles. The van der Waals surface area contributed by atoms with Gasteiger partial charge in [0.1, 0.15) is 11.5 Å². The summed E-state index contributed by atoms with van der Waals surface area (Å²) in [6, 6.07) is 58.5. The largest absolute Gasteiger partial charge is 0.458 e. The highest BCUT2D eigenvalue weighted by molar-refractivity contribution is 7.33. The summed E-state index contributed by atoms with van der Waals surface area (Å²) < 4.78 is 13.1. The molecule has 0 saturated heterocycles. The van der Waals surface area contributed by atoms with Crippen LogP contribution in [-0.2, 0) is 27.1 Å². The van der Waals surface area contributed by atoms with Gasteiger partial charge in [0, 0.05) is 48.0 Å². The van der Waals surface area contributed by atoms with Crippen LogP contribution in [0.5, 0.6) is 11.5 Å². The van der Waals surface area contributed by atoms with Crippen molar-refractivity contribution in [3.05, 3.63) is 185 Å². The van der Waals surface area contributed by atoms with Crippen LogP contribution >= 0.6 is 11.3 Å². The number of ether oxygens (including phenoxy) is 1. The van der Waals surface area contributed by atoms with Gasteiger partial charge in [0.15, 0.2) is 0 Å². The molecule has 4 heterocycles. The van der Waals surface area contributed by atoms with Crippen molar-refractivity contribution in [2.45, 2.75) is 124 Å². The number of hydrogen-bond donors (Lipinski definition) is 0. The summed E-state index contributed by atoms with van der Waals surface area (Å²) in [4.78, 5) is 2.59. The molecule has 2 aromatic heterocycles. The van der Waals surface area contributed by atoms with Crippen molar-refractivity contribution in [1.29, 1.82) is 0 Å². The fourth-order valence-corrected chi connectivity index (χ4v) is 14.0. The second-order valence-corrected chi connectivity index (χ2v) is 27.3. The second-order valence-electron chi connectivity index (χ2n) is 26.3. The van der Waals surface area contributed by atoms with Gasteiger partial charge in [-0.1, -0.05) is 182 Å². The summed E-state index contributed by atoms with van der Waals surface area (Å²) in [6.45, 7) is 32.6. The highest BCUT2D eigenvalue weighted by Gasteiger charge is 2.49. The first kappa shape index (κ1) is 46.9. The van der Waals surface area contributed by atoms with Gasteiger partial charge in [0.05, 0.1) is 22.4 Å². The minimum absolute atomic E-state index is 0.0110. The van der Waals surface area contributed by atoms with E-state index in [-0.39, 0.29) is 33.8 Å². The van der Waals surface area contributed by atoms with E-state index in [4.69, 9.17) is 4.74 Å². The zero-order valence-electron chi connectivity index (χ0n) is 45.7. The lowest BCUT2D eigenvalue weighted by Gasteiger charge is -2.40. The van der Waals surface area contributed by atoms with Crippen molar-refractivity contribution in [1.82, 2.24) is 4.57 Å². The number of rotatable bonds is 3. The minimum Gasteiger partial charge on any atom is -0.458 e. The summed E-state index contributed by atoms with van der Waals surface area (Å²) in [6.07, 6.45) is 0. The van der Waals surface area contributed by atoms with Gasteiger partial charge < -0.3 is 14.2 Å². The van der Waals surface area contributed by atoms with Crippen molar-refractivity contribution in [3.63, 3.8) is 0 Å². The Morgan fingerprint density at radius 1 is 0.514 bits per heavy atom. The van der Waals surface area contributed by atoms with Crippen LogP contribution in [0.15, 0.2) is 152 Å². The number of thiophene rings is 1. The van der Waals surface area contributed by atoms with E-state index in [0.717, 1.165) is 28.4 Å². The number of nitrogens with zero attached hydrogens (tertiary/aromatic N) is 2. The lowest BCUT2D eigenvalue weighted by molar-refractivity contribution is 0.488. The van der Waals surface area contributed by atoms with Crippen LogP contribution in [0.1, 0.15) is 130 Å². The zero-order valence-corrected chi connectivity index (χ0v) is 46.5. The lowest BCUT2D eigenvalue weighted by atomic mass is 9.36. The van der Waals surface area contributed by atoms with E-state index in [2.05, 4.69) is 258 Å². The summed E-state index contributed by atoms with van der Waals surface area (Å²) in [7, 11) is 0. The van der Waals surface area contributed by atoms with E-state index in [0.29, 0.717) is 0 Å². The molecule has 13 rings (SSSR count). The molecule has 368 valence electrons. The molecule has 74 heavy (non-hydrogen) atoms. The molecule has 0 bridgehead atoms. The summed E-state index contributed by atoms with van der Waals surface area (Å²) in [5.74, 6) is 1.90. The highest BCUT2D eigenvalue weighted by Crippen LogP contribution is 2.57. The molecule has 8 aromatic carbocycles. The first-order valence-electron chi connectivity index (χ1n) is 26.8. The molecule has 5 heteroatoms. The van der Waals surface area contributed by atoms with E-state index >= 15 is 0 Å². The molecular formula is C69H67BN2OS. The standard InChI is InChI=1S/C69H67BN2OS/c1-65(2,3)42-24-29-46(30-25-42)71-56-34-41(40-20-16-15-17-21-40)35-57-61(56)70(64-62(71)50-38-45(68(10,11)12)28-33-58(50)74-64)52-39-55(60-59(63(52)73-57)47-22-18-19-23-51(47)69(60,13)14)72-53-31-26-43(66(4,5)6)36-48(53)49-37-44(67(7,8)9)27-32-54(49)72/h15-39H,1-14H3. The van der Waals surface area contributed by atoms with Crippen LogP contribution in [0.3, 0.4) is 0 Å². The molecule has 0 unspecified atom stereocenters. The summed E-state index contributed by atoms with van der Waals surface area (Å²) in [5.41, 5.74) is 22.0. The molecule has 0 atom stereocenters. The van der Waals surface area contributed by atoms with E-state index in [1.54, 1.807) is 0 Å². The number of aromatic nitrogens is 1. The maximum absolute atomic E-state index is 7.80. The predicted molar refractivity (Wildman–Crippen MR) is 320 cm³/mol. The van der Waals surface area contributed by atoms with Crippen molar-refractivity contribution >= 4 is 82.7 Å². The van der Waals surface area contributed by atoms with Gasteiger partial charge in [-0.25, -0.2) is 0 Å². The Balaban J connectivity index is 1.18. The molecule has 0 fully saturated rings. The van der Waals surface area contributed by atoms with Gasteiger partial charge in [-0.05, 0) is 149 Å². The second kappa shape index (κ2) is 15.6. The molecule has 3 aliphatic rings. The van der Waals surface area contributed by atoms with E-state index in [1.165, 1.54) is 109 Å². The average Bonchev–Trinajstić information content (AvgIpc) is 4.03. The smallest absolute Gasteiger partial charge is 0.269 e. The lowest BCUT2D eigenvalue weighted by Crippen LogP contribution is -2.58. The third-order valence-corrected chi connectivity index (χ3v) is 18.1. The van der Waals surface area contributed by atoms with Crippen LogP contribution in [0, 0.1) is 0 Å². The Morgan fingerprint density at radius 2 is 1.07 bits per heavy atom. The zero-order chi connectivity index (χ0) is 51.8. The van der Waals surface area contributed by atoms with E-state index in [9.17, 15) is 0 Å². The van der Waals surface area contributed by atoms with Gasteiger partial charge in [-0.2, -0.15) is 0 Å². The third kappa shape index (κ3) is 6.91. The highest BCUT2D eigenvalue weighted by atomic mass is 32.1. The van der Waals surface area contributed by atoms with E-state index < -0.39 is 0 Å². The van der Waals surface area contributed by atoms with Gasteiger partial charge in [-0.15, -0.1) is 11.3 Å². The predicted octanol–water partition coefficient (Wildman–Crippen LogP) is 17.6. The van der Waals surface area contributed by atoms with Crippen molar-refractivity contribution < 1.29 is 4.74 Å². The normalized spacial score (nSPS) is 14.8. The SMILES string of the molecule is CC(C)(C)c1ccc(N2c3cc(-c4ccccc4)cc4c3B(c3cc(-n5c6ccc(C(C)(C)C)cc6c6cc(C(C)(C)C)ccc65)c5c(c3O4)-c3ccccc3C5(C)C)c3sc4ccc(C(C)(C)C)cc4c32)cc1. The molecule has 3 nitrogen and oxygen atoms in total. The third-order valence-electron chi connectivity index (χ3n) is 16.8. The molecule has 2 aliphatic heterocycles. The Labute approximate surface area is 442 Å². The first-order valence-corrected chi connectivity index (χ1v) is 27.6. The van der Waals surface area contributed by atoms with Crippen LogP contribution in [0.4, 0.5) is 17.1 Å². The quantitative estimate of drug-likeness (QED) is 0.164. The maximum Gasteiger partial charge on any atom is 0.269 e. The van der Waals surface area contributed by atoms with Crippen molar-refractivity contribution in [2.24, 2.45) is 0 Å². The number of hydrogen-bond acceptors (Lipinski definition) is 3. The fourth-order valence-electron chi connectivity index (χ4n) is 12.7. The fraction of sp³-hybridized carbons (Fsp3) is 0.275.